The van der Waals surface area contributed by atoms with Gasteiger partial charge in [-0.1, -0.05) is 13.8 Å². The maximum absolute atomic E-state index is 4.12. The Morgan fingerprint density at radius 3 is 3.12 bits per heavy atom. The fraction of sp³-hybridized carbons (Fsp3) is 0.818. The number of fused-ring (bicyclic) bond motifs is 1. The molecule has 2 rings (SSSR count). The molecule has 0 aromatic carbocycles. The van der Waals surface area contributed by atoms with E-state index in [2.05, 4.69) is 38.8 Å². The third-order valence-corrected chi connectivity index (χ3v) is 2.92. The van der Waals surface area contributed by atoms with E-state index in [9.17, 15) is 0 Å². The number of hydrogen-bond acceptors (Lipinski definition) is 4. The van der Waals surface area contributed by atoms with Crippen LogP contribution in [0, 0.1) is 0 Å². The lowest BCUT2D eigenvalue weighted by atomic mass is 10.3. The van der Waals surface area contributed by atoms with Crippen molar-refractivity contribution in [1.82, 2.24) is 25.0 Å². The average molecular weight is 223 g/mol. The molecule has 0 amide bonds. The molecule has 90 valence electrons. The minimum Gasteiger partial charge on any atom is -0.315 e. The van der Waals surface area contributed by atoms with Gasteiger partial charge in [-0.3, -0.25) is 4.90 Å². The van der Waals surface area contributed by atoms with Crippen LogP contribution in [0.5, 0.6) is 0 Å². The van der Waals surface area contributed by atoms with E-state index in [0.29, 0.717) is 6.04 Å². The van der Waals surface area contributed by atoms with Gasteiger partial charge in [0, 0.05) is 19.1 Å². The van der Waals surface area contributed by atoms with Crippen molar-refractivity contribution in [3.05, 3.63) is 12.2 Å². The molecule has 0 fully saturated rings. The second-order valence-electron chi connectivity index (χ2n) is 4.68. The Bertz CT molecular complexity index is 320. The molecule has 0 radical (unpaired) electrons. The van der Waals surface area contributed by atoms with Gasteiger partial charge in [0.15, 0.2) is 0 Å². The van der Waals surface area contributed by atoms with Gasteiger partial charge in [0.05, 0.1) is 6.54 Å². The van der Waals surface area contributed by atoms with Crippen LogP contribution in [0.1, 0.15) is 26.1 Å². The normalized spacial score (nSPS) is 16.7. The Morgan fingerprint density at radius 1 is 1.44 bits per heavy atom. The first-order chi connectivity index (χ1) is 7.75. The molecule has 0 saturated heterocycles. The van der Waals surface area contributed by atoms with E-state index in [-0.39, 0.29) is 0 Å². The van der Waals surface area contributed by atoms with Gasteiger partial charge >= 0.3 is 0 Å². The van der Waals surface area contributed by atoms with Gasteiger partial charge in [-0.25, -0.2) is 0 Å². The molecule has 1 aliphatic rings. The lowest BCUT2D eigenvalue weighted by Gasteiger charge is -2.26. The van der Waals surface area contributed by atoms with Gasteiger partial charge in [0.25, 0.3) is 0 Å². The van der Waals surface area contributed by atoms with Gasteiger partial charge in [-0.15, -0.1) is 10.2 Å². The van der Waals surface area contributed by atoms with Gasteiger partial charge in [-0.05, 0) is 19.5 Å². The van der Waals surface area contributed by atoms with Crippen LogP contribution < -0.4 is 5.32 Å². The lowest BCUT2D eigenvalue weighted by molar-refractivity contribution is 0.213. The summed E-state index contributed by atoms with van der Waals surface area (Å²) in [5.41, 5.74) is 0. The number of nitrogens with zero attached hydrogens (tertiary/aromatic N) is 4. The summed E-state index contributed by atoms with van der Waals surface area (Å²) in [5.74, 6) is 1.10. The molecule has 0 unspecified atom stereocenters. The zero-order valence-corrected chi connectivity index (χ0v) is 10.2. The Hall–Kier alpha value is -0.940. The van der Waals surface area contributed by atoms with Crippen LogP contribution in [0.25, 0.3) is 0 Å². The molecule has 5 heteroatoms. The van der Waals surface area contributed by atoms with Gasteiger partial charge < -0.3 is 9.88 Å². The summed E-state index contributed by atoms with van der Waals surface area (Å²) >= 11 is 0. The van der Waals surface area contributed by atoms with Gasteiger partial charge in [-0.2, -0.15) is 0 Å². The van der Waals surface area contributed by atoms with Crippen molar-refractivity contribution in [2.75, 3.05) is 19.6 Å². The SMILES string of the molecule is CC(C)NCCCN1CCn2cnnc2C1. The maximum Gasteiger partial charge on any atom is 0.147 e. The third-order valence-electron chi connectivity index (χ3n) is 2.92. The Morgan fingerprint density at radius 2 is 2.31 bits per heavy atom. The van der Waals surface area contributed by atoms with Crippen LogP contribution in [0.4, 0.5) is 0 Å². The zero-order chi connectivity index (χ0) is 11.4. The van der Waals surface area contributed by atoms with E-state index >= 15 is 0 Å². The Labute approximate surface area is 96.8 Å². The number of nitrogens with one attached hydrogen (secondary N) is 1. The number of hydrogen-bond donors (Lipinski definition) is 1. The summed E-state index contributed by atoms with van der Waals surface area (Å²) in [7, 11) is 0. The van der Waals surface area contributed by atoms with Crippen LogP contribution in [0.3, 0.4) is 0 Å². The van der Waals surface area contributed by atoms with Crippen molar-refractivity contribution in [2.45, 2.75) is 39.4 Å². The van der Waals surface area contributed by atoms with Crippen LogP contribution in [-0.4, -0.2) is 45.3 Å². The van der Waals surface area contributed by atoms with E-state index in [1.807, 2.05) is 6.33 Å². The van der Waals surface area contributed by atoms with Crippen LogP contribution in [0.15, 0.2) is 6.33 Å². The Kier molecular flexibility index (Phi) is 3.90. The molecular weight excluding hydrogens is 202 g/mol. The molecule has 5 nitrogen and oxygen atoms in total. The van der Waals surface area contributed by atoms with Crippen molar-refractivity contribution < 1.29 is 0 Å². The highest BCUT2D eigenvalue weighted by Crippen LogP contribution is 2.08. The highest BCUT2D eigenvalue weighted by Gasteiger charge is 2.16. The fourth-order valence-corrected chi connectivity index (χ4v) is 2.00. The smallest absolute Gasteiger partial charge is 0.147 e. The molecular formula is C11H21N5. The quantitative estimate of drug-likeness (QED) is 0.738. The van der Waals surface area contributed by atoms with Crippen molar-refractivity contribution in [3.63, 3.8) is 0 Å². The van der Waals surface area contributed by atoms with Crippen LogP contribution in [0.2, 0.25) is 0 Å². The first-order valence-electron chi connectivity index (χ1n) is 6.08. The third kappa shape index (κ3) is 3.02. The van der Waals surface area contributed by atoms with E-state index < -0.39 is 0 Å². The molecule has 0 spiro atoms. The largest absolute Gasteiger partial charge is 0.315 e. The molecule has 0 bridgehead atoms. The minimum atomic E-state index is 0.587. The standard InChI is InChI=1S/C11H21N5/c1-10(2)12-4-3-5-15-6-7-16-9-13-14-11(16)8-15/h9-10,12H,3-8H2,1-2H3. The molecule has 2 heterocycles. The summed E-state index contributed by atoms with van der Waals surface area (Å²) in [6.45, 7) is 9.70. The number of aromatic nitrogens is 3. The summed E-state index contributed by atoms with van der Waals surface area (Å²) in [6.07, 6.45) is 3.03. The molecule has 0 saturated carbocycles. The topological polar surface area (TPSA) is 46.0 Å². The summed E-state index contributed by atoms with van der Waals surface area (Å²) in [5, 5.41) is 11.5. The van der Waals surface area contributed by atoms with Crippen LogP contribution >= 0.6 is 0 Å². The van der Waals surface area contributed by atoms with E-state index in [4.69, 9.17) is 0 Å². The minimum absolute atomic E-state index is 0.587. The van der Waals surface area contributed by atoms with Crippen molar-refractivity contribution in [1.29, 1.82) is 0 Å². The predicted molar refractivity (Wildman–Crippen MR) is 63.1 cm³/mol. The summed E-state index contributed by atoms with van der Waals surface area (Å²) < 4.78 is 2.14. The molecule has 1 aromatic heterocycles. The first kappa shape index (κ1) is 11.5. The van der Waals surface area contributed by atoms with Gasteiger partial charge in [0.1, 0.15) is 12.2 Å². The highest BCUT2D eigenvalue weighted by atomic mass is 15.3. The molecule has 1 aromatic rings. The van der Waals surface area contributed by atoms with E-state index in [0.717, 1.165) is 38.5 Å². The Balaban J connectivity index is 1.69. The van der Waals surface area contributed by atoms with Crippen molar-refractivity contribution in [3.8, 4) is 0 Å². The van der Waals surface area contributed by atoms with Crippen molar-refractivity contribution in [2.24, 2.45) is 0 Å². The summed E-state index contributed by atoms with van der Waals surface area (Å²) in [4.78, 5) is 2.45. The summed E-state index contributed by atoms with van der Waals surface area (Å²) in [6, 6.07) is 0.587. The molecule has 0 aliphatic carbocycles. The lowest BCUT2D eigenvalue weighted by Crippen LogP contribution is -2.36. The molecule has 1 N–H and O–H groups in total. The first-order valence-corrected chi connectivity index (χ1v) is 6.08. The predicted octanol–water partition coefficient (Wildman–Crippen LogP) is 0.482. The van der Waals surface area contributed by atoms with E-state index in [1.165, 1.54) is 6.42 Å². The second-order valence-corrected chi connectivity index (χ2v) is 4.68. The average Bonchev–Trinajstić information content (AvgIpc) is 2.71. The van der Waals surface area contributed by atoms with Crippen molar-refractivity contribution >= 4 is 0 Å². The van der Waals surface area contributed by atoms with Crippen LogP contribution in [-0.2, 0) is 13.1 Å². The molecule has 0 atom stereocenters. The zero-order valence-electron chi connectivity index (χ0n) is 10.2. The monoisotopic (exact) mass is 223 g/mol. The second kappa shape index (κ2) is 5.41. The van der Waals surface area contributed by atoms with E-state index in [1.54, 1.807) is 0 Å². The fourth-order valence-electron chi connectivity index (χ4n) is 2.00. The molecule has 1 aliphatic heterocycles. The number of rotatable bonds is 5. The highest BCUT2D eigenvalue weighted by molar-refractivity contribution is 4.89. The maximum atomic E-state index is 4.12. The molecule has 16 heavy (non-hydrogen) atoms. The van der Waals surface area contributed by atoms with Gasteiger partial charge in [0.2, 0.25) is 0 Å².